The van der Waals surface area contributed by atoms with Crippen LogP contribution in [0.25, 0.3) is 11.5 Å². The van der Waals surface area contributed by atoms with Crippen molar-refractivity contribution in [1.29, 1.82) is 0 Å². The van der Waals surface area contributed by atoms with Gasteiger partial charge in [-0.15, -0.1) is 11.3 Å². The zero-order chi connectivity index (χ0) is 14.7. The Bertz CT molecular complexity index is 709. The third-order valence-corrected chi connectivity index (χ3v) is 3.78. The minimum atomic E-state index is -0.339. The van der Waals surface area contributed by atoms with E-state index in [1.165, 1.54) is 11.3 Å². The Labute approximate surface area is 126 Å². The predicted octanol–water partition coefficient (Wildman–Crippen LogP) is 3.51. The first-order chi connectivity index (χ1) is 10.3. The molecule has 1 atom stereocenters. The average molecular weight is 301 g/mol. The summed E-state index contributed by atoms with van der Waals surface area (Å²) >= 11 is 1.44. The van der Waals surface area contributed by atoms with Crippen molar-refractivity contribution in [2.24, 2.45) is 0 Å². The van der Waals surface area contributed by atoms with Gasteiger partial charge in [0.25, 0.3) is 5.89 Å². The van der Waals surface area contributed by atoms with Crippen LogP contribution in [0.1, 0.15) is 24.4 Å². The van der Waals surface area contributed by atoms with Crippen molar-refractivity contribution in [3.63, 3.8) is 0 Å². The Morgan fingerprint density at radius 2 is 2.10 bits per heavy atom. The first kappa shape index (κ1) is 13.8. The number of aromatic nitrogens is 2. The molecule has 0 aliphatic rings. The molecule has 5 nitrogen and oxygen atoms in total. The second-order valence-corrected chi connectivity index (χ2v) is 5.35. The molecule has 0 amide bonds. The van der Waals surface area contributed by atoms with Gasteiger partial charge in [-0.1, -0.05) is 35.5 Å². The number of nitrogen functional groups attached to an aromatic ring is 1. The summed E-state index contributed by atoms with van der Waals surface area (Å²) < 4.78 is 11.1. The van der Waals surface area contributed by atoms with Gasteiger partial charge in [0.2, 0.25) is 5.82 Å². The zero-order valence-electron chi connectivity index (χ0n) is 11.5. The number of ether oxygens (including phenoxy) is 1. The third-order valence-electron chi connectivity index (χ3n) is 3.04. The van der Waals surface area contributed by atoms with E-state index in [9.17, 15) is 0 Å². The first-order valence-corrected chi connectivity index (χ1v) is 7.51. The van der Waals surface area contributed by atoms with E-state index in [0.29, 0.717) is 23.3 Å². The Hall–Kier alpha value is -2.18. The maximum Gasteiger partial charge on any atom is 0.261 e. The van der Waals surface area contributed by atoms with Crippen LogP contribution in [-0.2, 0) is 4.74 Å². The summed E-state index contributed by atoms with van der Waals surface area (Å²) in [6.07, 6.45) is -0.339. The van der Waals surface area contributed by atoms with Crippen LogP contribution < -0.4 is 5.73 Å². The SMILES string of the molecule is CCOC(c1ccccc1)c1noc(-c2ccsc2N)n1. The molecule has 1 aromatic carbocycles. The fraction of sp³-hybridized carbons (Fsp3) is 0.200. The second kappa shape index (κ2) is 6.07. The molecule has 0 spiro atoms. The molecule has 108 valence electrons. The summed E-state index contributed by atoms with van der Waals surface area (Å²) in [4.78, 5) is 4.43. The highest BCUT2D eigenvalue weighted by Gasteiger charge is 2.22. The minimum absolute atomic E-state index is 0.339. The molecule has 6 heteroatoms. The maximum atomic E-state index is 5.89. The van der Waals surface area contributed by atoms with E-state index in [-0.39, 0.29) is 6.10 Å². The Balaban J connectivity index is 1.94. The normalized spacial score (nSPS) is 12.4. The molecule has 2 aromatic heterocycles. The first-order valence-electron chi connectivity index (χ1n) is 6.63. The lowest BCUT2D eigenvalue weighted by molar-refractivity contribution is 0.0833. The molecule has 21 heavy (non-hydrogen) atoms. The number of rotatable bonds is 5. The van der Waals surface area contributed by atoms with E-state index in [2.05, 4.69) is 10.1 Å². The van der Waals surface area contributed by atoms with Gasteiger partial charge in [0.15, 0.2) is 0 Å². The quantitative estimate of drug-likeness (QED) is 0.780. The van der Waals surface area contributed by atoms with E-state index in [1.54, 1.807) is 0 Å². The van der Waals surface area contributed by atoms with Crippen LogP contribution in [0.15, 0.2) is 46.3 Å². The second-order valence-electron chi connectivity index (χ2n) is 4.40. The molecular formula is C15H15N3O2S. The fourth-order valence-corrected chi connectivity index (χ4v) is 2.70. The Morgan fingerprint density at radius 1 is 1.29 bits per heavy atom. The summed E-state index contributed by atoms with van der Waals surface area (Å²) in [5, 5.41) is 6.61. The number of benzene rings is 1. The highest BCUT2D eigenvalue weighted by Crippen LogP contribution is 2.31. The lowest BCUT2D eigenvalue weighted by Crippen LogP contribution is -2.07. The number of nitrogens with two attached hydrogens (primary N) is 1. The molecule has 0 aliphatic heterocycles. The van der Waals surface area contributed by atoms with Gasteiger partial charge in [-0.05, 0) is 23.9 Å². The van der Waals surface area contributed by atoms with Gasteiger partial charge in [-0.25, -0.2) is 0 Å². The molecule has 0 saturated carbocycles. The van der Waals surface area contributed by atoms with E-state index in [4.69, 9.17) is 15.0 Å². The maximum absolute atomic E-state index is 5.89. The van der Waals surface area contributed by atoms with Gasteiger partial charge in [-0.2, -0.15) is 4.98 Å². The van der Waals surface area contributed by atoms with Crippen LogP contribution in [0, 0.1) is 0 Å². The lowest BCUT2D eigenvalue weighted by atomic mass is 10.1. The van der Waals surface area contributed by atoms with Crippen molar-refractivity contribution in [3.8, 4) is 11.5 Å². The lowest BCUT2D eigenvalue weighted by Gasteiger charge is -2.13. The van der Waals surface area contributed by atoms with Crippen molar-refractivity contribution < 1.29 is 9.26 Å². The summed E-state index contributed by atoms with van der Waals surface area (Å²) in [5.41, 5.74) is 7.64. The zero-order valence-corrected chi connectivity index (χ0v) is 12.3. The van der Waals surface area contributed by atoms with E-state index in [1.807, 2.05) is 48.7 Å². The van der Waals surface area contributed by atoms with Gasteiger partial charge in [-0.3, -0.25) is 0 Å². The van der Waals surface area contributed by atoms with Crippen LogP contribution >= 0.6 is 11.3 Å². The van der Waals surface area contributed by atoms with E-state index < -0.39 is 0 Å². The molecule has 2 heterocycles. The summed E-state index contributed by atoms with van der Waals surface area (Å²) in [6, 6.07) is 11.7. The van der Waals surface area contributed by atoms with Gasteiger partial charge in [0.1, 0.15) is 6.10 Å². The van der Waals surface area contributed by atoms with Crippen LogP contribution in [0.3, 0.4) is 0 Å². The predicted molar refractivity (Wildman–Crippen MR) is 81.9 cm³/mol. The van der Waals surface area contributed by atoms with Crippen molar-refractivity contribution in [2.75, 3.05) is 12.3 Å². The van der Waals surface area contributed by atoms with Gasteiger partial charge < -0.3 is 15.0 Å². The van der Waals surface area contributed by atoms with Gasteiger partial charge >= 0.3 is 0 Å². The topological polar surface area (TPSA) is 74.2 Å². The van der Waals surface area contributed by atoms with Crippen molar-refractivity contribution in [3.05, 3.63) is 53.2 Å². The summed E-state index contributed by atoms with van der Waals surface area (Å²) in [7, 11) is 0. The average Bonchev–Trinajstić information content (AvgIpc) is 3.14. The minimum Gasteiger partial charge on any atom is -0.390 e. The molecule has 0 aliphatic carbocycles. The molecule has 0 saturated heterocycles. The fourth-order valence-electron chi connectivity index (χ4n) is 2.06. The van der Waals surface area contributed by atoms with Gasteiger partial charge in [0.05, 0.1) is 10.6 Å². The Morgan fingerprint density at radius 3 is 2.76 bits per heavy atom. The van der Waals surface area contributed by atoms with Crippen LogP contribution in [0.5, 0.6) is 0 Å². The van der Waals surface area contributed by atoms with Crippen LogP contribution in [0.2, 0.25) is 0 Å². The third kappa shape index (κ3) is 2.81. The number of anilines is 1. The van der Waals surface area contributed by atoms with Gasteiger partial charge in [0, 0.05) is 6.61 Å². The molecule has 2 N–H and O–H groups in total. The molecule has 3 rings (SSSR count). The Kier molecular flexibility index (Phi) is 3.98. The largest absolute Gasteiger partial charge is 0.390 e. The standard InChI is InChI=1S/C15H15N3O2S/c1-2-19-12(10-6-4-3-5-7-10)14-17-15(20-18-14)11-8-9-21-13(11)16/h3-9,12H,2,16H2,1H3. The van der Waals surface area contributed by atoms with Crippen LogP contribution in [-0.4, -0.2) is 16.7 Å². The summed E-state index contributed by atoms with van der Waals surface area (Å²) in [6.45, 7) is 2.50. The summed E-state index contributed by atoms with van der Waals surface area (Å²) in [5.74, 6) is 0.924. The molecule has 3 aromatic rings. The highest BCUT2D eigenvalue weighted by molar-refractivity contribution is 7.14. The van der Waals surface area contributed by atoms with Crippen molar-refractivity contribution in [1.82, 2.24) is 10.1 Å². The number of hydrogen-bond acceptors (Lipinski definition) is 6. The number of hydrogen-bond donors (Lipinski definition) is 1. The molecule has 1 unspecified atom stereocenters. The molecule has 0 fully saturated rings. The van der Waals surface area contributed by atoms with E-state index >= 15 is 0 Å². The van der Waals surface area contributed by atoms with Crippen molar-refractivity contribution in [2.45, 2.75) is 13.0 Å². The molecular weight excluding hydrogens is 286 g/mol. The van der Waals surface area contributed by atoms with E-state index in [0.717, 1.165) is 11.1 Å². The number of thiophene rings is 1. The highest BCUT2D eigenvalue weighted by atomic mass is 32.1. The molecule has 0 bridgehead atoms. The smallest absolute Gasteiger partial charge is 0.261 e. The van der Waals surface area contributed by atoms with Crippen LogP contribution in [0.4, 0.5) is 5.00 Å². The number of nitrogens with zero attached hydrogens (tertiary/aromatic N) is 2. The van der Waals surface area contributed by atoms with Crippen molar-refractivity contribution >= 4 is 16.3 Å². The monoisotopic (exact) mass is 301 g/mol. The molecule has 0 radical (unpaired) electrons.